The number of pyridine rings is 1. The van der Waals surface area contributed by atoms with Gasteiger partial charge in [0.15, 0.2) is 11.2 Å². The summed E-state index contributed by atoms with van der Waals surface area (Å²) in [7, 11) is 0. The fourth-order valence-electron chi connectivity index (χ4n) is 1.36. The lowest BCUT2D eigenvalue weighted by Crippen LogP contribution is -2.03. The van der Waals surface area contributed by atoms with Crippen molar-refractivity contribution in [2.24, 2.45) is 5.73 Å². The van der Waals surface area contributed by atoms with Gasteiger partial charge in [0.1, 0.15) is 6.10 Å². The van der Waals surface area contributed by atoms with Gasteiger partial charge >= 0.3 is 0 Å². The minimum Gasteiger partial charge on any atom is -0.436 e. The summed E-state index contributed by atoms with van der Waals surface area (Å²) >= 11 is 0. The average Bonchev–Trinajstić information content (AvgIpc) is 2.69. The molecule has 0 amide bonds. The first kappa shape index (κ1) is 10.1. The minimum atomic E-state index is -0.692. The molecule has 2 aromatic rings. The van der Waals surface area contributed by atoms with Crippen molar-refractivity contribution >= 4 is 11.2 Å². The van der Waals surface area contributed by atoms with Crippen molar-refractivity contribution in [2.45, 2.75) is 18.9 Å². The second-order valence-electron chi connectivity index (χ2n) is 3.32. The molecule has 0 saturated carbocycles. The third-order valence-electron chi connectivity index (χ3n) is 2.15. The molecule has 0 aliphatic rings. The molecule has 80 valence electrons. The summed E-state index contributed by atoms with van der Waals surface area (Å²) in [5, 5.41) is 9.71. The van der Waals surface area contributed by atoms with Crippen molar-refractivity contribution in [2.75, 3.05) is 6.54 Å². The number of aliphatic hydroxyl groups is 1. The van der Waals surface area contributed by atoms with E-state index in [0.717, 1.165) is 6.42 Å². The van der Waals surface area contributed by atoms with Crippen LogP contribution in [0.15, 0.2) is 22.7 Å². The van der Waals surface area contributed by atoms with Gasteiger partial charge in [-0.05, 0) is 31.5 Å². The monoisotopic (exact) mass is 207 g/mol. The van der Waals surface area contributed by atoms with Gasteiger partial charge in [0.05, 0.1) is 0 Å². The zero-order valence-electron chi connectivity index (χ0n) is 8.26. The predicted molar refractivity (Wildman–Crippen MR) is 55.1 cm³/mol. The first-order chi connectivity index (χ1) is 7.31. The highest BCUT2D eigenvalue weighted by Crippen LogP contribution is 2.21. The highest BCUT2D eigenvalue weighted by Gasteiger charge is 2.14. The molecule has 0 saturated heterocycles. The molecule has 15 heavy (non-hydrogen) atoms. The number of fused-ring (bicyclic) bond motifs is 1. The number of nitrogens with two attached hydrogens (primary N) is 1. The summed E-state index contributed by atoms with van der Waals surface area (Å²) in [5.41, 5.74) is 6.48. The molecule has 0 radical (unpaired) electrons. The highest BCUT2D eigenvalue weighted by molar-refractivity contribution is 5.66. The largest absolute Gasteiger partial charge is 0.436 e. The van der Waals surface area contributed by atoms with Gasteiger partial charge in [0, 0.05) is 6.20 Å². The number of oxazole rings is 1. The molecule has 5 nitrogen and oxygen atoms in total. The molecule has 0 spiro atoms. The standard InChI is InChI=1S/C10H13N3O2/c11-5-1-3-7(14)10-13-9-8(15-10)4-2-6-12-9/h2,4,6-7,14H,1,3,5,11H2. The Balaban J connectivity index is 2.20. The molecule has 5 heteroatoms. The Kier molecular flexibility index (Phi) is 2.94. The quantitative estimate of drug-likeness (QED) is 0.781. The SMILES string of the molecule is NCCCC(O)c1nc2ncccc2o1. The molecular weight excluding hydrogens is 194 g/mol. The van der Waals surface area contributed by atoms with Crippen LogP contribution in [0.3, 0.4) is 0 Å². The summed E-state index contributed by atoms with van der Waals surface area (Å²) < 4.78 is 5.36. The Morgan fingerprint density at radius 1 is 1.53 bits per heavy atom. The molecule has 2 rings (SSSR count). The van der Waals surface area contributed by atoms with Crippen molar-refractivity contribution in [3.05, 3.63) is 24.2 Å². The van der Waals surface area contributed by atoms with Crippen LogP contribution in [-0.2, 0) is 0 Å². The van der Waals surface area contributed by atoms with Crippen LogP contribution in [0.1, 0.15) is 24.8 Å². The van der Waals surface area contributed by atoms with Crippen LogP contribution < -0.4 is 5.73 Å². The van der Waals surface area contributed by atoms with Crippen molar-refractivity contribution in [1.82, 2.24) is 9.97 Å². The Morgan fingerprint density at radius 2 is 2.40 bits per heavy atom. The maximum Gasteiger partial charge on any atom is 0.225 e. The molecule has 1 atom stereocenters. The third kappa shape index (κ3) is 2.14. The van der Waals surface area contributed by atoms with E-state index in [0.29, 0.717) is 30.1 Å². The minimum absolute atomic E-state index is 0.317. The van der Waals surface area contributed by atoms with Crippen LogP contribution in [0.4, 0.5) is 0 Å². The number of rotatable bonds is 4. The van der Waals surface area contributed by atoms with Gasteiger partial charge in [0.25, 0.3) is 0 Å². The van der Waals surface area contributed by atoms with Crippen LogP contribution in [0, 0.1) is 0 Å². The summed E-state index contributed by atoms with van der Waals surface area (Å²) in [5.74, 6) is 0.317. The van der Waals surface area contributed by atoms with Crippen LogP contribution in [-0.4, -0.2) is 21.6 Å². The van der Waals surface area contributed by atoms with Crippen molar-refractivity contribution in [3.8, 4) is 0 Å². The fraction of sp³-hybridized carbons (Fsp3) is 0.400. The first-order valence-corrected chi connectivity index (χ1v) is 4.91. The van der Waals surface area contributed by atoms with Crippen molar-refractivity contribution in [1.29, 1.82) is 0 Å². The number of hydrogen-bond acceptors (Lipinski definition) is 5. The third-order valence-corrected chi connectivity index (χ3v) is 2.15. The molecule has 0 aromatic carbocycles. The zero-order chi connectivity index (χ0) is 10.7. The molecule has 0 fully saturated rings. The van der Waals surface area contributed by atoms with E-state index in [9.17, 15) is 5.11 Å². The number of hydrogen-bond donors (Lipinski definition) is 2. The van der Waals surface area contributed by atoms with Gasteiger partial charge < -0.3 is 15.3 Å². The van der Waals surface area contributed by atoms with E-state index in [1.165, 1.54) is 0 Å². The summed E-state index contributed by atoms with van der Waals surface area (Å²) in [6, 6.07) is 3.54. The van der Waals surface area contributed by atoms with E-state index in [2.05, 4.69) is 9.97 Å². The smallest absolute Gasteiger partial charge is 0.225 e. The second-order valence-corrected chi connectivity index (χ2v) is 3.32. The van der Waals surface area contributed by atoms with Gasteiger partial charge in [-0.15, -0.1) is 0 Å². The first-order valence-electron chi connectivity index (χ1n) is 4.91. The fourth-order valence-corrected chi connectivity index (χ4v) is 1.36. The van der Waals surface area contributed by atoms with E-state index in [1.807, 2.05) is 0 Å². The Bertz CT molecular complexity index is 408. The van der Waals surface area contributed by atoms with Crippen LogP contribution in [0.2, 0.25) is 0 Å². The Morgan fingerprint density at radius 3 is 3.13 bits per heavy atom. The average molecular weight is 207 g/mol. The van der Waals surface area contributed by atoms with E-state index in [-0.39, 0.29) is 0 Å². The van der Waals surface area contributed by atoms with Crippen LogP contribution >= 0.6 is 0 Å². The Labute approximate surface area is 86.9 Å². The number of aromatic nitrogens is 2. The van der Waals surface area contributed by atoms with Gasteiger partial charge in [-0.2, -0.15) is 4.98 Å². The van der Waals surface area contributed by atoms with E-state index >= 15 is 0 Å². The van der Waals surface area contributed by atoms with Crippen molar-refractivity contribution < 1.29 is 9.52 Å². The summed E-state index contributed by atoms with van der Waals surface area (Å²) in [6.07, 6.45) is 2.25. The molecule has 3 N–H and O–H groups in total. The normalized spacial score (nSPS) is 13.2. The van der Waals surface area contributed by atoms with E-state index < -0.39 is 6.10 Å². The molecular formula is C10H13N3O2. The maximum absolute atomic E-state index is 9.71. The Hall–Kier alpha value is -1.46. The van der Waals surface area contributed by atoms with Gasteiger partial charge in [-0.1, -0.05) is 0 Å². The lowest BCUT2D eigenvalue weighted by molar-refractivity contribution is 0.134. The van der Waals surface area contributed by atoms with E-state index in [1.54, 1.807) is 18.3 Å². The zero-order valence-corrected chi connectivity index (χ0v) is 8.26. The van der Waals surface area contributed by atoms with Crippen LogP contribution in [0.25, 0.3) is 11.2 Å². The summed E-state index contributed by atoms with van der Waals surface area (Å²) in [4.78, 5) is 8.12. The van der Waals surface area contributed by atoms with Crippen LogP contribution in [0.5, 0.6) is 0 Å². The maximum atomic E-state index is 9.71. The number of nitrogens with zero attached hydrogens (tertiary/aromatic N) is 2. The van der Waals surface area contributed by atoms with E-state index in [4.69, 9.17) is 10.2 Å². The highest BCUT2D eigenvalue weighted by atomic mass is 16.4. The van der Waals surface area contributed by atoms with Gasteiger partial charge in [0.2, 0.25) is 5.89 Å². The molecule has 0 aliphatic heterocycles. The topological polar surface area (TPSA) is 85.2 Å². The molecule has 0 bridgehead atoms. The second kappa shape index (κ2) is 4.37. The molecule has 2 heterocycles. The van der Waals surface area contributed by atoms with Crippen molar-refractivity contribution in [3.63, 3.8) is 0 Å². The van der Waals surface area contributed by atoms with Gasteiger partial charge in [-0.3, -0.25) is 0 Å². The predicted octanol–water partition coefficient (Wildman–Crippen LogP) is 0.995. The lowest BCUT2D eigenvalue weighted by atomic mass is 10.2. The number of aliphatic hydroxyl groups excluding tert-OH is 1. The molecule has 2 aromatic heterocycles. The molecule has 1 unspecified atom stereocenters. The lowest BCUT2D eigenvalue weighted by Gasteiger charge is -2.03. The van der Waals surface area contributed by atoms with Gasteiger partial charge in [-0.25, -0.2) is 4.98 Å². The summed E-state index contributed by atoms with van der Waals surface area (Å²) in [6.45, 7) is 0.551. The molecule has 0 aliphatic carbocycles.